The highest BCUT2D eigenvalue weighted by atomic mass is 16.8. The van der Waals surface area contributed by atoms with Gasteiger partial charge in [0.15, 0.2) is 11.6 Å². The number of hydrogen-bond acceptors (Lipinski definition) is 12. The van der Waals surface area contributed by atoms with Crippen molar-refractivity contribution in [3.63, 3.8) is 0 Å². The molecule has 2 heterocycles. The van der Waals surface area contributed by atoms with Crippen LogP contribution in [0.4, 0.5) is 0 Å². The standard InChI is InChI=1S/C38H40O12/c1-35(2)19-27(39)23(28(40)20-35)11-7-5-9-13-25-31(43)47-37(48-32(25)44)15-17-38(18-16-37)49-33(45)26(34(46)50-38)14-10-6-8-12-24-29(41)21-36(3,4)22-30(24)42/h5-14,39,41H,15-22H2,1-4H3/p-2/b9-5+,10-6+,11-7+,12-8+,25-13?,26-14?. The molecule has 5 rings (SSSR count). The van der Waals surface area contributed by atoms with Gasteiger partial charge in [-0.05, 0) is 35.8 Å². The minimum absolute atomic E-state index is 0.106. The van der Waals surface area contributed by atoms with E-state index in [0.717, 1.165) is 0 Å². The number of rotatable bonds is 6. The molecule has 0 bridgehead atoms. The lowest BCUT2D eigenvalue weighted by Crippen LogP contribution is -2.56. The Hall–Kier alpha value is -5.26. The maximum Gasteiger partial charge on any atom is 0.348 e. The summed E-state index contributed by atoms with van der Waals surface area (Å²) in [5, 5.41) is 24.6. The summed E-state index contributed by atoms with van der Waals surface area (Å²) in [6.07, 6.45) is 14.4. The highest BCUT2D eigenvalue weighted by molar-refractivity contribution is 6.16. The Bertz CT molecular complexity index is 1600. The maximum absolute atomic E-state index is 12.8. The van der Waals surface area contributed by atoms with Crippen LogP contribution in [0.5, 0.6) is 0 Å². The fourth-order valence-electron chi connectivity index (χ4n) is 6.46. The fourth-order valence-corrected chi connectivity index (χ4v) is 6.46. The third-order valence-corrected chi connectivity index (χ3v) is 9.02. The predicted molar refractivity (Wildman–Crippen MR) is 171 cm³/mol. The number of ketones is 2. The van der Waals surface area contributed by atoms with E-state index in [4.69, 9.17) is 18.9 Å². The molecule has 12 heteroatoms. The van der Waals surface area contributed by atoms with Crippen LogP contribution >= 0.6 is 0 Å². The zero-order chi connectivity index (χ0) is 36.5. The van der Waals surface area contributed by atoms with Gasteiger partial charge in [-0.1, -0.05) is 76.3 Å². The van der Waals surface area contributed by atoms with Gasteiger partial charge in [-0.3, -0.25) is 9.59 Å². The van der Waals surface area contributed by atoms with Crippen molar-refractivity contribution in [1.29, 1.82) is 0 Å². The van der Waals surface area contributed by atoms with E-state index in [-0.39, 0.29) is 108 Å². The first-order valence-electron chi connectivity index (χ1n) is 16.3. The summed E-state index contributed by atoms with van der Waals surface area (Å²) in [4.78, 5) is 75.7. The van der Waals surface area contributed by atoms with Crippen molar-refractivity contribution >= 4 is 35.4 Å². The second-order valence-corrected chi connectivity index (χ2v) is 14.6. The lowest BCUT2D eigenvalue weighted by atomic mass is 9.76. The highest BCUT2D eigenvalue weighted by Gasteiger charge is 2.56. The molecule has 50 heavy (non-hydrogen) atoms. The molecule has 0 aromatic carbocycles. The van der Waals surface area contributed by atoms with Crippen LogP contribution in [0, 0.1) is 10.8 Å². The number of Topliss-reactive ketones (excluding diaryl/α,β-unsaturated/α-hetero) is 2. The Morgan fingerprint density at radius 3 is 1.10 bits per heavy atom. The molecule has 1 saturated carbocycles. The van der Waals surface area contributed by atoms with Crippen molar-refractivity contribution in [2.75, 3.05) is 0 Å². The van der Waals surface area contributed by atoms with E-state index >= 15 is 0 Å². The van der Waals surface area contributed by atoms with Crippen LogP contribution in [0.2, 0.25) is 0 Å². The summed E-state index contributed by atoms with van der Waals surface area (Å²) < 4.78 is 22.0. The van der Waals surface area contributed by atoms with E-state index in [1.54, 1.807) is 0 Å². The molecule has 0 atom stereocenters. The Morgan fingerprint density at radius 1 is 0.480 bits per heavy atom. The smallest absolute Gasteiger partial charge is 0.348 e. The van der Waals surface area contributed by atoms with Crippen molar-refractivity contribution < 1.29 is 57.9 Å². The molecule has 2 aliphatic heterocycles. The first-order valence-corrected chi connectivity index (χ1v) is 16.3. The molecular weight excluding hydrogens is 648 g/mol. The second kappa shape index (κ2) is 13.6. The maximum atomic E-state index is 12.8. The van der Waals surface area contributed by atoms with Crippen molar-refractivity contribution in [2.24, 2.45) is 10.8 Å². The van der Waals surface area contributed by atoms with Crippen molar-refractivity contribution in [3.05, 3.63) is 94.6 Å². The number of hydrogen-bond donors (Lipinski definition) is 0. The van der Waals surface area contributed by atoms with E-state index < -0.39 is 35.5 Å². The van der Waals surface area contributed by atoms with Crippen LogP contribution in [-0.2, 0) is 47.7 Å². The Kier molecular flexibility index (Phi) is 9.78. The lowest BCUT2D eigenvalue weighted by molar-refractivity contribution is -0.312. The molecule has 12 nitrogen and oxygen atoms in total. The summed E-state index contributed by atoms with van der Waals surface area (Å²) >= 11 is 0. The Morgan fingerprint density at radius 2 is 0.800 bits per heavy atom. The van der Waals surface area contributed by atoms with Gasteiger partial charge in [0.1, 0.15) is 11.1 Å². The molecule has 5 aliphatic rings. The molecule has 0 N–H and O–H groups in total. The average Bonchev–Trinajstić information content (AvgIpc) is 2.98. The van der Waals surface area contributed by atoms with E-state index in [9.17, 15) is 39.0 Å². The van der Waals surface area contributed by atoms with Crippen LogP contribution < -0.4 is 10.2 Å². The Labute approximate surface area is 289 Å². The number of carbonyl (C=O) groups is 6. The Balaban J connectivity index is 1.15. The molecule has 3 aliphatic carbocycles. The monoisotopic (exact) mass is 686 g/mol. The number of allylic oxidation sites excluding steroid dienone is 14. The van der Waals surface area contributed by atoms with Gasteiger partial charge in [-0.25, -0.2) is 19.2 Å². The number of carbonyl (C=O) groups excluding carboxylic acids is 6. The number of esters is 4. The van der Waals surface area contributed by atoms with Crippen LogP contribution in [0.1, 0.15) is 79.1 Å². The third-order valence-electron chi connectivity index (χ3n) is 9.02. The highest BCUT2D eigenvalue weighted by Crippen LogP contribution is 2.45. The van der Waals surface area contributed by atoms with Crippen molar-refractivity contribution in [3.8, 4) is 0 Å². The van der Waals surface area contributed by atoms with Crippen LogP contribution in [0.15, 0.2) is 94.6 Å². The second-order valence-electron chi connectivity index (χ2n) is 14.6. The molecule has 3 fully saturated rings. The quantitative estimate of drug-likeness (QED) is 0.172. The normalized spacial score (nSPS) is 28.7. The molecule has 0 unspecified atom stereocenters. The molecule has 0 radical (unpaired) electrons. The van der Waals surface area contributed by atoms with Crippen molar-refractivity contribution in [1.82, 2.24) is 0 Å². The summed E-state index contributed by atoms with van der Waals surface area (Å²) in [6.45, 7) is 7.43. The molecule has 0 aromatic heterocycles. The first-order chi connectivity index (χ1) is 23.4. The molecule has 2 spiro atoms. The lowest BCUT2D eigenvalue weighted by Gasteiger charge is -2.45. The number of ether oxygens (including phenoxy) is 4. The summed E-state index contributed by atoms with van der Waals surface area (Å²) in [6, 6.07) is 0. The zero-order valence-electron chi connectivity index (χ0n) is 28.3. The molecule has 0 amide bonds. The van der Waals surface area contributed by atoms with Crippen LogP contribution in [-0.4, -0.2) is 47.0 Å². The van der Waals surface area contributed by atoms with Gasteiger partial charge in [-0.15, -0.1) is 11.5 Å². The van der Waals surface area contributed by atoms with E-state index in [0.29, 0.717) is 0 Å². The van der Waals surface area contributed by atoms with Gasteiger partial charge in [-0.2, -0.15) is 0 Å². The summed E-state index contributed by atoms with van der Waals surface area (Å²) in [5.74, 6) is -7.93. The molecular formula is C38H38O12-2. The van der Waals surface area contributed by atoms with Crippen LogP contribution in [0.3, 0.4) is 0 Å². The third kappa shape index (κ3) is 7.96. The van der Waals surface area contributed by atoms with Gasteiger partial charge < -0.3 is 29.2 Å². The molecule has 264 valence electrons. The van der Waals surface area contributed by atoms with E-state index in [1.165, 1.54) is 60.8 Å². The van der Waals surface area contributed by atoms with E-state index in [1.807, 2.05) is 27.7 Å². The molecule has 2 saturated heterocycles. The summed E-state index contributed by atoms with van der Waals surface area (Å²) in [7, 11) is 0. The van der Waals surface area contributed by atoms with Gasteiger partial charge in [0.25, 0.3) is 11.6 Å². The largest absolute Gasteiger partial charge is 0.875 e. The van der Waals surface area contributed by atoms with Gasteiger partial charge in [0.2, 0.25) is 0 Å². The van der Waals surface area contributed by atoms with E-state index in [2.05, 4.69) is 0 Å². The van der Waals surface area contributed by atoms with Gasteiger partial charge in [0.05, 0.1) is 0 Å². The topological polar surface area (TPSA) is 185 Å². The molecule has 0 aromatic rings. The predicted octanol–water partition coefficient (Wildman–Crippen LogP) is 3.24. The minimum Gasteiger partial charge on any atom is -0.875 e. The minimum atomic E-state index is -1.63. The zero-order valence-corrected chi connectivity index (χ0v) is 28.3. The SMILES string of the molecule is CC1(C)CC(=O)C(/C=C/C=C/C=C2C(=O)OC3(CCC4(CC3)OC(=O)C(=C/C=C/C=C/C3=C([O-])CC(C)(C)CC3=O)C(=O)O4)OC2=O)=C([O-])C1. The van der Waals surface area contributed by atoms with Gasteiger partial charge >= 0.3 is 23.9 Å². The van der Waals surface area contributed by atoms with Gasteiger partial charge in [0, 0.05) is 49.7 Å². The average molecular weight is 687 g/mol. The van der Waals surface area contributed by atoms with Crippen molar-refractivity contribution in [2.45, 2.75) is 90.6 Å². The first kappa shape index (κ1) is 36.0. The van der Waals surface area contributed by atoms with Crippen LogP contribution in [0.25, 0.3) is 0 Å². The fraction of sp³-hybridized carbons (Fsp3) is 0.421. The summed E-state index contributed by atoms with van der Waals surface area (Å²) in [5.41, 5.74) is -1.29.